The third-order valence-electron chi connectivity index (χ3n) is 3.47. The van der Waals surface area contributed by atoms with Gasteiger partial charge in [0.15, 0.2) is 0 Å². The van der Waals surface area contributed by atoms with E-state index in [0.717, 1.165) is 0 Å². The molecule has 0 bridgehead atoms. The minimum absolute atomic E-state index is 0.0519. The van der Waals surface area contributed by atoms with Gasteiger partial charge in [-0.15, -0.1) is 5.10 Å². The van der Waals surface area contributed by atoms with E-state index in [1.807, 2.05) is 0 Å². The standard InChI is InChI=1S/C14H11Cl2N5O2/c1-5-8(11-9(14(23)18-5)12(17)21-20-11)13(22)19-7-4-2-3-6(15)10(7)16/h2-4,9H,1H3,(H2,17,21)(H,18,23)(H,19,22). The van der Waals surface area contributed by atoms with E-state index in [1.165, 1.54) is 0 Å². The summed E-state index contributed by atoms with van der Waals surface area (Å²) in [5.41, 5.74) is 6.81. The smallest absolute Gasteiger partial charge is 0.259 e. The van der Waals surface area contributed by atoms with Crippen LogP contribution in [0.2, 0.25) is 10.0 Å². The van der Waals surface area contributed by atoms with Crippen molar-refractivity contribution in [1.29, 1.82) is 0 Å². The van der Waals surface area contributed by atoms with Crippen LogP contribution in [0.4, 0.5) is 5.69 Å². The number of amidine groups is 1. The van der Waals surface area contributed by atoms with Gasteiger partial charge in [0.1, 0.15) is 11.8 Å². The number of amides is 2. The molecule has 0 aromatic heterocycles. The number of nitrogens with one attached hydrogen (secondary N) is 2. The number of anilines is 1. The number of rotatable bonds is 2. The Hall–Kier alpha value is -2.38. The normalized spacial score (nSPS) is 19.8. The maximum Gasteiger partial charge on any atom is 0.259 e. The number of nitrogens with zero attached hydrogens (tertiary/aromatic N) is 2. The monoisotopic (exact) mass is 351 g/mol. The zero-order valence-corrected chi connectivity index (χ0v) is 13.4. The molecule has 2 aliphatic heterocycles. The summed E-state index contributed by atoms with van der Waals surface area (Å²) in [5.74, 6) is -1.65. The second-order valence-corrected chi connectivity index (χ2v) is 5.77. The molecule has 1 aromatic rings. The first-order valence-electron chi connectivity index (χ1n) is 6.58. The number of halogens is 2. The van der Waals surface area contributed by atoms with Crippen molar-refractivity contribution >= 4 is 52.3 Å². The van der Waals surface area contributed by atoms with Gasteiger partial charge in [0.2, 0.25) is 5.91 Å². The first-order chi connectivity index (χ1) is 10.9. The molecule has 7 nitrogen and oxygen atoms in total. The largest absolute Gasteiger partial charge is 0.385 e. The maximum atomic E-state index is 12.6. The van der Waals surface area contributed by atoms with Crippen molar-refractivity contribution < 1.29 is 9.59 Å². The van der Waals surface area contributed by atoms with E-state index in [4.69, 9.17) is 28.9 Å². The number of hydrogen-bond donors (Lipinski definition) is 3. The predicted molar refractivity (Wildman–Crippen MR) is 88.5 cm³/mol. The van der Waals surface area contributed by atoms with Gasteiger partial charge in [0.05, 0.1) is 27.0 Å². The van der Waals surface area contributed by atoms with Gasteiger partial charge in [-0.25, -0.2) is 0 Å². The predicted octanol–water partition coefficient (Wildman–Crippen LogP) is 1.68. The van der Waals surface area contributed by atoms with Gasteiger partial charge >= 0.3 is 0 Å². The molecular weight excluding hydrogens is 341 g/mol. The molecule has 118 valence electrons. The zero-order chi connectivity index (χ0) is 16.7. The number of hydrogen-bond acceptors (Lipinski definition) is 5. The fraction of sp³-hybridized carbons (Fsp3) is 0.143. The van der Waals surface area contributed by atoms with Crippen molar-refractivity contribution in [3.8, 4) is 0 Å². The molecule has 0 saturated heterocycles. The SMILES string of the molecule is CC1=C(C(=O)Nc2cccc(Cl)c2Cl)C2=NN=C(N)C2C(=O)N1. The number of carbonyl (C=O) groups excluding carboxylic acids is 2. The number of fused-ring (bicyclic) bond motifs is 1. The molecule has 23 heavy (non-hydrogen) atoms. The Balaban J connectivity index is 1.94. The van der Waals surface area contributed by atoms with Crippen LogP contribution in [0.25, 0.3) is 0 Å². The number of nitrogens with two attached hydrogens (primary N) is 1. The van der Waals surface area contributed by atoms with Crippen LogP contribution in [0.5, 0.6) is 0 Å². The lowest BCUT2D eigenvalue weighted by molar-refractivity contribution is -0.120. The van der Waals surface area contributed by atoms with Crippen molar-refractivity contribution in [3.63, 3.8) is 0 Å². The van der Waals surface area contributed by atoms with E-state index in [1.54, 1.807) is 25.1 Å². The highest BCUT2D eigenvalue weighted by Crippen LogP contribution is 2.31. The summed E-state index contributed by atoms with van der Waals surface area (Å²) in [6.07, 6.45) is 0. The van der Waals surface area contributed by atoms with Crippen LogP contribution in [0.15, 0.2) is 39.7 Å². The maximum absolute atomic E-state index is 12.6. The van der Waals surface area contributed by atoms with Crippen molar-refractivity contribution in [1.82, 2.24) is 5.32 Å². The first kappa shape index (κ1) is 15.5. The Morgan fingerprint density at radius 3 is 2.83 bits per heavy atom. The summed E-state index contributed by atoms with van der Waals surface area (Å²) in [5, 5.41) is 13.4. The highest BCUT2D eigenvalue weighted by atomic mass is 35.5. The molecule has 1 unspecified atom stereocenters. The molecule has 1 atom stereocenters. The van der Waals surface area contributed by atoms with Crippen LogP contribution in [0, 0.1) is 5.92 Å². The molecule has 9 heteroatoms. The molecule has 4 N–H and O–H groups in total. The van der Waals surface area contributed by atoms with Gasteiger partial charge in [-0.2, -0.15) is 5.10 Å². The Kier molecular flexibility index (Phi) is 3.83. The van der Waals surface area contributed by atoms with E-state index in [0.29, 0.717) is 16.4 Å². The van der Waals surface area contributed by atoms with E-state index in [2.05, 4.69) is 20.8 Å². The zero-order valence-electron chi connectivity index (χ0n) is 11.9. The van der Waals surface area contributed by atoms with Crippen LogP contribution in [0.1, 0.15) is 6.92 Å². The highest BCUT2D eigenvalue weighted by molar-refractivity contribution is 6.44. The van der Waals surface area contributed by atoms with Crippen molar-refractivity contribution in [2.24, 2.45) is 21.9 Å². The third-order valence-corrected chi connectivity index (χ3v) is 4.29. The van der Waals surface area contributed by atoms with E-state index >= 15 is 0 Å². The molecule has 2 heterocycles. The number of benzene rings is 1. The van der Waals surface area contributed by atoms with E-state index in [9.17, 15) is 9.59 Å². The molecule has 3 rings (SSSR count). The summed E-state index contributed by atoms with van der Waals surface area (Å²) in [4.78, 5) is 24.6. The van der Waals surface area contributed by atoms with Gasteiger partial charge in [0.25, 0.3) is 5.91 Å². The van der Waals surface area contributed by atoms with Gasteiger partial charge in [-0.3, -0.25) is 9.59 Å². The number of carbonyl (C=O) groups is 2. The van der Waals surface area contributed by atoms with Gasteiger partial charge < -0.3 is 16.4 Å². The fourth-order valence-electron chi connectivity index (χ4n) is 2.40. The van der Waals surface area contributed by atoms with Crippen LogP contribution < -0.4 is 16.4 Å². The molecule has 0 saturated carbocycles. The van der Waals surface area contributed by atoms with Crippen LogP contribution in [-0.4, -0.2) is 23.4 Å². The second-order valence-electron chi connectivity index (χ2n) is 4.99. The lowest BCUT2D eigenvalue weighted by Gasteiger charge is -2.23. The molecular formula is C14H11Cl2N5O2. The number of allylic oxidation sites excluding steroid dienone is 1. The van der Waals surface area contributed by atoms with Gasteiger partial charge in [0, 0.05) is 5.70 Å². The summed E-state index contributed by atoms with van der Waals surface area (Å²) in [7, 11) is 0. The topological polar surface area (TPSA) is 109 Å². The quantitative estimate of drug-likeness (QED) is 0.753. The van der Waals surface area contributed by atoms with E-state index < -0.39 is 11.8 Å². The molecule has 0 radical (unpaired) electrons. The van der Waals surface area contributed by atoms with Crippen LogP contribution in [0.3, 0.4) is 0 Å². The summed E-state index contributed by atoms with van der Waals surface area (Å²) >= 11 is 12.0. The highest BCUT2D eigenvalue weighted by Gasteiger charge is 2.41. The first-order valence-corrected chi connectivity index (χ1v) is 7.34. The fourth-order valence-corrected chi connectivity index (χ4v) is 2.75. The van der Waals surface area contributed by atoms with Crippen molar-refractivity contribution in [2.45, 2.75) is 6.92 Å². The lowest BCUT2D eigenvalue weighted by atomic mass is 9.90. The summed E-state index contributed by atoms with van der Waals surface area (Å²) < 4.78 is 0. The minimum atomic E-state index is -0.853. The van der Waals surface area contributed by atoms with Crippen LogP contribution in [-0.2, 0) is 9.59 Å². The molecule has 0 aliphatic carbocycles. The molecule has 0 fully saturated rings. The average Bonchev–Trinajstić information content (AvgIpc) is 2.86. The second kappa shape index (κ2) is 5.68. The lowest BCUT2D eigenvalue weighted by Crippen LogP contribution is -2.47. The molecule has 2 amide bonds. The Morgan fingerprint density at radius 2 is 2.09 bits per heavy atom. The Morgan fingerprint density at radius 1 is 1.35 bits per heavy atom. The minimum Gasteiger partial charge on any atom is -0.385 e. The summed E-state index contributed by atoms with van der Waals surface area (Å²) in [6.45, 7) is 1.60. The van der Waals surface area contributed by atoms with Crippen LogP contribution >= 0.6 is 23.2 Å². The molecule has 0 spiro atoms. The van der Waals surface area contributed by atoms with E-state index in [-0.39, 0.29) is 28.1 Å². The average molecular weight is 352 g/mol. The van der Waals surface area contributed by atoms with Gasteiger partial charge in [-0.1, -0.05) is 29.3 Å². The Labute approximate surface area is 141 Å². The third kappa shape index (κ3) is 2.58. The molecule has 1 aromatic carbocycles. The van der Waals surface area contributed by atoms with Crippen molar-refractivity contribution in [3.05, 3.63) is 39.5 Å². The summed E-state index contributed by atoms with van der Waals surface area (Å²) in [6, 6.07) is 4.88. The van der Waals surface area contributed by atoms with Gasteiger partial charge in [-0.05, 0) is 19.1 Å². The molecule has 2 aliphatic rings. The van der Waals surface area contributed by atoms with Crippen molar-refractivity contribution in [2.75, 3.05) is 5.32 Å². The Bertz CT molecular complexity index is 828.